The molecule has 3 heteroatoms. The number of esters is 1. The van der Waals surface area contributed by atoms with Crippen LogP contribution in [-0.2, 0) is 9.53 Å². The van der Waals surface area contributed by atoms with Crippen molar-refractivity contribution in [1.29, 1.82) is 0 Å². The van der Waals surface area contributed by atoms with Crippen molar-refractivity contribution in [3.63, 3.8) is 0 Å². The predicted molar refractivity (Wildman–Crippen MR) is 52.4 cm³/mol. The molecule has 78 valence electrons. The average Bonchev–Trinajstić information content (AvgIpc) is 2.17. The van der Waals surface area contributed by atoms with Crippen molar-refractivity contribution in [2.24, 2.45) is 5.92 Å². The van der Waals surface area contributed by atoms with Gasteiger partial charge in [-0.05, 0) is 32.6 Å². The van der Waals surface area contributed by atoms with Crippen LogP contribution in [0.3, 0.4) is 0 Å². The zero-order chi connectivity index (χ0) is 10.4. The highest BCUT2D eigenvalue weighted by Gasteiger charge is 2.17. The van der Waals surface area contributed by atoms with Gasteiger partial charge in [0, 0.05) is 11.8 Å². The topological polar surface area (TPSA) is 46.5 Å². The van der Waals surface area contributed by atoms with Crippen LogP contribution < -0.4 is 0 Å². The van der Waals surface area contributed by atoms with Crippen LogP contribution >= 0.6 is 0 Å². The molecule has 0 saturated heterocycles. The summed E-state index contributed by atoms with van der Waals surface area (Å²) in [7, 11) is 0. The first-order chi connectivity index (χ1) is 6.72. The number of hydrogen-bond acceptors (Lipinski definition) is 3. The van der Waals surface area contributed by atoms with E-state index in [1.54, 1.807) is 6.92 Å². The maximum Gasteiger partial charge on any atom is 0.384 e. The van der Waals surface area contributed by atoms with Crippen molar-refractivity contribution in [2.45, 2.75) is 38.7 Å². The van der Waals surface area contributed by atoms with E-state index in [1.807, 2.05) is 0 Å². The van der Waals surface area contributed by atoms with Crippen LogP contribution in [0.1, 0.15) is 32.6 Å². The Morgan fingerprint density at radius 2 is 2.07 bits per heavy atom. The molecular formula is C11H16O3. The summed E-state index contributed by atoms with van der Waals surface area (Å²) in [5, 5.41) is 9.25. The SMILES string of the molecule is CCOC(=O)C#CC1CCC(O)CC1. The summed E-state index contributed by atoms with van der Waals surface area (Å²) >= 11 is 0. The third-order valence-corrected chi connectivity index (χ3v) is 2.35. The molecule has 0 aromatic rings. The van der Waals surface area contributed by atoms with Gasteiger partial charge in [0.05, 0.1) is 12.7 Å². The maximum atomic E-state index is 10.9. The molecule has 1 fully saturated rings. The highest BCUT2D eigenvalue weighted by molar-refractivity contribution is 5.88. The molecule has 0 aromatic heterocycles. The molecule has 0 aliphatic heterocycles. The Hall–Kier alpha value is -1.01. The second-order valence-corrected chi connectivity index (χ2v) is 3.50. The van der Waals surface area contributed by atoms with E-state index < -0.39 is 5.97 Å². The molecular weight excluding hydrogens is 180 g/mol. The molecule has 1 aliphatic rings. The van der Waals surface area contributed by atoms with E-state index in [0.29, 0.717) is 6.61 Å². The van der Waals surface area contributed by atoms with E-state index in [1.165, 1.54) is 0 Å². The molecule has 0 amide bonds. The standard InChI is InChI=1S/C11H16O3/c1-2-14-11(13)8-5-9-3-6-10(12)7-4-9/h9-10,12H,2-4,6-7H2,1H3. The Bertz CT molecular complexity index is 241. The van der Waals surface area contributed by atoms with E-state index in [9.17, 15) is 9.90 Å². The highest BCUT2D eigenvalue weighted by atomic mass is 16.5. The van der Waals surface area contributed by atoms with Gasteiger partial charge in [-0.2, -0.15) is 0 Å². The molecule has 3 nitrogen and oxygen atoms in total. The molecule has 0 atom stereocenters. The third-order valence-electron chi connectivity index (χ3n) is 2.35. The van der Waals surface area contributed by atoms with Crippen LogP contribution in [-0.4, -0.2) is 23.8 Å². The van der Waals surface area contributed by atoms with Crippen LogP contribution in [0, 0.1) is 17.8 Å². The van der Waals surface area contributed by atoms with Gasteiger partial charge in [-0.15, -0.1) is 0 Å². The number of aliphatic hydroxyl groups is 1. The van der Waals surface area contributed by atoms with Gasteiger partial charge >= 0.3 is 5.97 Å². The van der Waals surface area contributed by atoms with Crippen LogP contribution in [0.2, 0.25) is 0 Å². The van der Waals surface area contributed by atoms with Gasteiger partial charge in [0.25, 0.3) is 0 Å². The van der Waals surface area contributed by atoms with Crippen molar-refractivity contribution < 1.29 is 14.6 Å². The number of hydrogen-bond donors (Lipinski definition) is 1. The minimum Gasteiger partial charge on any atom is -0.456 e. The Morgan fingerprint density at radius 3 is 2.64 bits per heavy atom. The van der Waals surface area contributed by atoms with Crippen molar-refractivity contribution in [1.82, 2.24) is 0 Å². The maximum absolute atomic E-state index is 10.9. The first-order valence-corrected chi connectivity index (χ1v) is 5.08. The Labute approximate surface area is 84.5 Å². The molecule has 1 rings (SSSR count). The van der Waals surface area contributed by atoms with Gasteiger partial charge in [-0.1, -0.05) is 5.92 Å². The lowest BCUT2D eigenvalue weighted by atomic mass is 9.88. The molecule has 0 spiro atoms. The lowest BCUT2D eigenvalue weighted by Gasteiger charge is -2.20. The minimum absolute atomic E-state index is 0.171. The van der Waals surface area contributed by atoms with Crippen molar-refractivity contribution in [2.75, 3.05) is 6.61 Å². The summed E-state index contributed by atoms with van der Waals surface area (Å²) in [5.74, 6) is 5.17. The van der Waals surface area contributed by atoms with Crippen LogP contribution in [0.5, 0.6) is 0 Å². The van der Waals surface area contributed by atoms with Gasteiger partial charge in [0.1, 0.15) is 0 Å². The summed E-state index contributed by atoms with van der Waals surface area (Å²) in [6.45, 7) is 2.13. The van der Waals surface area contributed by atoms with E-state index >= 15 is 0 Å². The number of aliphatic hydroxyl groups excluding tert-OH is 1. The zero-order valence-corrected chi connectivity index (χ0v) is 8.45. The van der Waals surface area contributed by atoms with Crippen molar-refractivity contribution in [3.05, 3.63) is 0 Å². The second kappa shape index (κ2) is 5.66. The summed E-state index contributed by atoms with van der Waals surface area (Å²) in [6, 6.07) is 0. The smallest absolute Gasteiger partial charge is 0.384 e. The van der Waals surface area contributed by atoms with Gasteiger partial charge in [0.15, 0.2) is 0 Å². The quantitative estimate of drug-likeness (QED) is 0.388. The fourth-order valence-electron chi connectivity index (χ4n) is 1.55. The number of rotatable bonds is 1. The Balaban J connectivity index is 2.32. The van der Waals surface area contributed by atoms with E-state index in [0.717, 1.165) is 25.7 Å². The van der Waals surface area contributed by atoms with Gasteiger partial charge in [-0.3, -0.25) is 0 Å². The summed E-state index contributed by atoms with van der Waals surface area (Å²) in [6.07, 6.45) is 3.18. The lowest BCUT2D eigenvalue weighted by molar-refractivity contribution is -0.136. The first-order valence-electron chi connectivity index (χ1n) is 5.08. The molecule has 0 radical (unpaired) electrons. The summed E-state index contributed by atoms with van der Waals surface area (Å²) in [5.41, 5.74) is 0. The van der Waals surface area contributed by atoms with Crippen LogP contribution in [0.4, 0.5) is 0 Å². The van der Waals surface area contributed by atoms with Gasteiger partial charge in [-0.25, -0.2) is 4.79 Å². The summed E-state index contributed by atoms with van der Waals surface area (Å²) < 4.78 is 4.69. The van der Waals surface area contributed by atoms with E-state index in [2.05, 4.69) is 11.8 Å². The summed E-state index contributed by atoms with van der Waals surface area (Å²) in [4.78, 5) is 10.9. The largest absolute Gasteiger partial charge is 0.456 e. The monoisotopic (exact) mass is 196 g/mol. The minimum atomic E-state index is -0.446. The molecule has 0 bridgehead atoms. The lowest BCUT2D eigenvalue weighted by Crippen LogP contribution is -2.17. The molecule has 0 heterocycles. The first kappa shape index (κ1) is 11.1. The highest BCUT2D eigenvalue weighted by Crippen LogP contribution is 2.23. The third kappa shape index (κ3) is 3.80. The predicted octanol–water partition coefficient (Wildman–Crippen LogP) is 1.10. The van der Waals surface area contributed by atoms with E-state index in [4.69, 9.17) is 4.74 Å². The molecule has 1 N–H and O–H groups in total. The van der Waals surface area contributed by atoms with Crippen LogP contribution in [0.15, 0.2) is 0 Å². The Kier molecular flexibility index (Phi) is 4.48. The van der Waals surface area contributed by atoms with Crippen molar-refractivity contribution >= 4 is 5.97 Å². The molecule has 0 unspecified atom stereocenters. The average molecular weight is 196 g/mol. The van der Waals surface area contributed by atoms with Crippen LogP contribution in [0.25, 0.3) is 0 Å². The fourth-order valence-corrected chi connectivity index (χ4v) is 1.55. The van der Waals surface area contributed by atoms with Gasteiger partial charge in [0.2, 0.25) is 0 Å². The number of carbonyl (C=O) groups excluding carboxylic acids is 1. The number of ether oxygens (including phenoxy) is 1. The number of carbonyl (C=O) groups is 1. The fraction of sp³-hybridized carbons (Fsp3) is 0.727. The van der Waals surface area contributed by atoms with Crippen molar-refractivity contribution in [3.8, 4) is 11.8 Å². The molecule has 14 heavy (non-hydrogen) atoms. The molecule has 0 aromatic carbocycles. The normalized spacial score (nSPS) is 26.1. The molecule has 1 saturated carbocycles. The Morgan fingerprint density at radius 1 is 1.43 bits per heavy atom. The second-order valence-electron chi connectivity index (χ2n) is 3.50. The zero-order valence-electron chi connectivity index (χ0n) is 8.45. The molecule has 1 aliphatic carbocycles. The van der Waals surface area contributed by atoms with Gasteiger partial charge < -0.3 is 9.84 Å². The van der Waals surface area contributed by atoms with E-state index in [-0.39, 0.29) is 12.0 Å².